The number of rotatable bonds is 3. The molecule has 2 nitrogen and oxygen atoms in total. The molecule has 0 aromatic rings. The third-order valence-electron chi connectivity index (χ3n) is 2.21. The highest BCUT2D eigenvalue weighted by Crippen LogP contribution is 2.33. The van der Waals surface area contributed by atoms with Crippen LogP contribution in [-0.2, 0) is 4.79 Å². The summed E-state index contributed by atoms with van der Waals surface area (Å²) >= 11 is 0. The maximum absolute atomic E-state index is 11.1. The summed E-state index contributed by atoms with van der Waals surface area (Å²) in [7, 11) is 1.87. The van der Waals surface area contributed by atoms with Crippen molar-refractivity contribution in [2.75, 3.05) is 13.6 Å². The highest BCUT2D eigenvalue weighted by atomic mass is 16.2. The molecule has 0 heterocycles. The van der Waals surface area contributed by atoms with Crippen molar-refractivity contribution >= 4 is 5.91 Å². The van der Waals surface area contributed by atoms with Crippen LogP contribution in [0.3, 0.4) is 0 Å². The maximum Gasteiger partial charge on any atom is 0.219 e. The standard InChI is InChI=1S/C12H25NO/c1-10(14)13(7)9-12(5,6)8-11(2,3)4/h8-9H2,1-7H3. The lowest BCUT2D eigenvalue weighted by atomic mass is 9.76. The van der Waals surface area contributed by atoms with Crippen molar-refractivity contribution in [2.45, 2.75) is 48.0 Å². The van der Waals surface area contributed by atoms with Crippen LogP contribution in [0.4, 0.5) is 0 Å². The van der Waals surface area contributed by atoms with Crippen molar-refractivity contribution in [3.8, 4) is 0 Å². The van der Waals surface area contributed by atoms with Crippen LogP contribution in [0.25, 0.3) is 0 Å². The van der Waals surface area contributed by atoms with Crippen LogP contribution < -0.4 is 0 Å². The molecule has 0 aromatic carbocycles. The number of nitrogens with zero attached hydrogens (tertiary/aromatic N) is 1. The second-order valence-corrected chi connectivity index (χ2v) is 6.28. The van der Waals surface area contributed by atoms with Gasteiger partial charge >= 0.3 is 0 Å². The molecule has 0 aromatic heterocycles. The monoisotopic (exact) mass is 199 g/mol. The fourth-order valence-electron chi connectivity index (χ4n) is 2.24. The molecule has 0 unspecified atom stereocenters. The van der Waals surface area contributed by atoms with Gasteiger partial charge in [0.25, 0.3) is 0 Å². The zero-order chi connectivity index (χ0) is 11.6. The van der Waals surface area contributed by atoms with Gasteiger partial charge in [-0.1, -0.05) is 34.6 Å². The first-order valence-electron chi connectivity index (χ1n) is 5.25. The van der Waals surface area contributed by atoms with E-state index in [0.717, 1.165) is 13.0 Å². The molecular formula is C12H25NO. The number of carbonyl (C=O) groups is 1. The topological polar surface area (TPSA) is 20.3 Å². The smallest absolute Gasteiger partial charge is 0.219 e. The summed E-state index contributed by atoms with van der Waals surface area (Å²) in [5.74, 6) is 0.145. The van der Waals surface area contributed by atoms with E-state index in [0.29, 0.717) is 5.41 Å². The largest absolute Gasteiger partial charge is 0.345 e. The Morgan fingerprint density at radius 3 is 1.86 bits per heavy atom. The Bertz CT molecular complexity index is 201. The second kappa shape index (κ2) is 4.33. The minimum Gasteiger partial charge on any atom is -0.345 e. The Kier molecular flexibility index (Phi) is 4.16. The van der Waals surface area contributed by atoms with Crippen molar-refractivity contribution in [3.63, 3.8) is 0 Å². The first kappa shape index (κ1) is 13.5. The van der Waals surface area contributed by atoms with Gasteiger partial charge in [-0.05, 0) is 17.3 Å². The average Bonchev–Trinajstić information content (AvgIpc) is 1.78. The molecule has 0 atom stereocenters. The van der Waals surface area contributed by atoms with E-state index < -0.39 is 0 Å². The molecule has 0 spiro atoms. The Labute approximate surface area is 88.7 Å². The Balaban J connectivity index is 4.27. The van der Waals surface area contributed by atoms with Crippen molar-refractivity contribution in [1.29, 1.82) is 0 Å². The zero-order valence-corrected chi connectivity index (χ0v) is 10.8. The third-order valence-corrected chi connectivity index (χ3v) is 2.21. The summed E-state index contributed by atoms with van der Waals surface area (Å²) < 4.78 is 0. The molecule has 0 N–H and O–H groups in total. The Morgan fingerprint density at radius 1 is 1.14 bits per heavy atom. The predicted molar refractivity (Wildman–Crippen MR) is 61.2 cm³/mol. The molecule has 14 heavy (non-hydrogen) atoms. The molecule has 0 saturated heterocycles. The first-order chi connectivity index (χ1) is 6.03. The van der Waals surface area contributed by atoms with E-state index in [1.54, 1.807) is 11.8 Å². The minimum absolute atomic E-state index is 0.145. The Morgan fingerprint density at radius 2 is 1.57 bits per heavy atom. The van der Waals surface area contributed by atoms with Crippen LogP contribution in [0.2, 0.25) is 0 Å². The van der Waals surface area contributed by atoms with Crippen LogP contribution in [0.5, 0.6) is 0 Å². The van der Waals surface area contributed by atoms with Gasteiger partial charge in [0, 0.05) is 20.5 Å². The molecule has 2 heteroatoms. The van der Waals surface area contributed by atoms with Crippen LogP contribution >= 0.6 is 0 Å². The molecule has 0 radical (unpaired) electrons. The normalized spacial score (nSPS) is 12.8. The van der Waals surface area contributed by atoms with E-state index in [1.165, 1.54) is 0 Å². The van der Waals surface area contributed by atoms with Crippen LogP contribution in [0.15, 0.2) is 0 Å². The number of amides is 1. The van der Waals surface area contributed by atoms with E-state index in [2.05, 4.69) is 34.6 Å². The molecule has 0 aliphatic carbocycles. The van der Waals surface area contributed by atoms with Gasteiger partial charge in [0.05, 0.1) is 0 Å². The van der Waals surface area contributed by atoms with E-state index in [-0.39, 0.29) is 11.3 Å². The van der Waals surface area contributed by atoms with Gasteiger partial charge in [0.15, 0.2) is 0 Å². The van der Waals surface area contributed by atoms with Gasteiger partial charge in [-0.15, -0.1) is 0 Å². The number of carbonyl (C=O) groups excluding carboxylic acids is 1. The highest BCUT2D eigenvalue weighted by Gasteiger charge is 2.27. The molecule has 0 aliphatic rings. The average molecular weight is 199 g/mol. The van der Waals surface area contributed by atoms with Crippen molar-refractivity contribution in [3.05, 3.63) is 0 Å². The minimum atomic E-state index is 0.145. The molecule has 0 bridgehead atoms. The summed E-state index contributed by atoms with van der Waals surface area (Å²) in [6, 6.07) is 0. The molecular weight excluding hydrogens is 174 g/mol. The lowest BCUT2D eigenvalue weighted by Crippen LogP contribution is -2.36. The fourth-order valence-corrected chi connectivity index (χ4v) is 2.24. The summed E-state index contributed by atoms with van der Waals surface area (Å²) in [6.07, 6.45) is 1.12. The molecule has 0 saturated carbocycles. The third kappa shape index (κ3) is 6.01. The lowest BCUT2D eigenvalue weighted by molar-refractivity contribution is -0.129. The molecule has 0 fully saturated rings. The Hall–Kier alpha value is -0.530. The van der Waals surface area contributed by atoms with Crippen molar-refractivity contribution in [2.24, 2.45) is 10.8 Å². The quantitative estimate of drug-likeness (QED) is 0.684. The van der Waals surface area contributed by atoms with Gasteiger partial charge in [-0.25, -0.2) is 0 Å². The lowest BCUT2D eigenvalue weighted by Gasteiger charge is -2.35. The van der Waals surface area contributed by atoms with Crippen LogP contribution in [0, 0.1) is 10.8 Å². The van der Waals surface area contributed by atoms with Crippen LogP contribution in [-0.4, -0.2) is 24.4 Å². The van der Waals surface area contributed by atoms with E-state index in [1.807, 2.05) is 7.05 Å². The summed E-state index contributed by atoms with van der Waals surface area (Å²) in [5, 5.41) is 0. The van der Waals surface area contributed by atoms with Crippen LogP contribution in [0.1, 0.15) is 48.0 Å². The first-order valence-corrected chi connectivity index (χ1v) is 5.25. The number of hydrogen-bond donors (Lipinski definition) is 0. The van der Waals surface area contributed by atoms with Gasteiger partial charge in [0.2, 0.25) is 5.91 Å². The molecule has 1 amide bonds. The second-order valence-electron chi connectivity index (χ2n) is 6.28. The SMILES string of the molecule is CC(=O)N(C)CC(C)(C)CC(C)(C)C. The van der Waals surface area contributed by atoms with Gasteiger partial charge < -0.3 is 4.90 Å². The number of hydrogen-bond acceptors (Lipinski definition) is 1. The molecule has 0 aliphatic heterocycles. The van der Waals surface area contributed by atoms with E-state index >= 15 is 0 Å². The molecule has 0 rings (SSSR count). The van der Waals surface area contributed by atoms with Crippen molar-refractivity contribution in [1.82, 2.24) is 4.90 Å². The summed E-state index contributed by atoms with van der Waals surface area (Å²) in [6.45, 7) is 13.6. The fraction of sp³-hybridized carbons (Fsp3) is 0.917. The zero-order valence-electron chi connectivity index (χ0n) is 10.8. The maximum atomic E-state index is 11.1. The van der Waals surface area contributed by atoms with Gasteiger partial charge in [0.1, 0.15) is 0 Å². The van der Waals surface area contributed by atoms with Crippen molar-refractivity contribution < 1.29 is 4.79 Å². The van der Waals surface area contributed by atoms with E-state index in [4.69, 9.17) is 0 Å². The highest BCUT2D eigenvalue weighted by molar-refractivity contribution is 5.72. The summed E-state index contributed by atoms with van der Waals surface area (Å²) in [5.41, 5.74) is 0.514. The molecule has 84 valence electrons. The van der Waals surface area contributed by atoms with E-state index in [9.17, 15) is 4.79 Å². The van der Waals surface area contributed by atoms with Gasteiger partial charge in [-0.2, -0.15) is 0 Å². The van der Waals surface area contributed by atoms with Gasteiger partial charge in [-0.3, -0.25) is 4.79 Å². The predicted octanol–water partition coefficient (Wildman–Crippen LogP) is 2.93. The summed E-state index contributed by atoms with van der Waals surface area (Å²) in [4.78, 5) is 12.9.